The molecule has 0 aromatic heterocycles. The molecular formula is C13H18F3NO2S. The Morgan fingerprint density at radius 3 is 2.15 bits per heavy atom. The van der Waals surface area contributed by atoms with E-state index in [-0.39, 0.29) is 22.3 Å². The van der Waals surface area contributed by atoms with Gasteiger partial charge in [-0.1, -0.05) is 26.7 Å². The summed E-state index contributed by atoms with van der Waals surface area (Å²) in [6.07, 6.45) is -3.15. The molecule has 0 atom stereocenters. The third-order valence-electron chi connectivity index (χ3n) is 3.28. The Kier molecular flexibility index (Phi) is 5.07. The molecule has 0 radical (unpaired) electrons. The van der Waals surface area contributed by atoms with Crippen LogP contribution in [-0.4, -0.2) is 14.2 Å². The summed E-state index contributed by atoms with van der Waals surface area (Å²) in [5.41, 5.74) is 4.18. The minimum Gasteiger partial charge on any atom is -0.398 e. The highest BCUT2D eigenvalue weighted by Crippen LogP contribution is 2.33. The fraction of sp³-hybridized carbons (Fsp3) is 0.538. The highest BCUT2D eigenvalue weighted by molar-refractivity contribution is 7.91. The number of hydrogen-bond donors (Lipinski definition) is 1. The first-order valence-corrected chi connectivity index (χ1v) is 7.96. The molecule has 1 aromatic rings. The van der Waals surface area contributed by atoms with Crippen molar-refractivity contribution >= 4 is 15.5 Å². The van der Waals surface area contributed by atoms with Gasteiger partial charge in [0.25, 0.3) is 0 Å². The fourth-order valence-corrected chi connectivity index (χ4v) is 3.90. The largest absolute Gasteiger partial charge is 0.416 e. The van der Waals surface area contributed by atoms with Crippen molar-refractivity contribution in [2.75, 3.05) is 11.5 Å². The molecule has 1 rings (SSSR count). The Labute approximate surface area is 116 Å². The second kappa shape index (κ2) is 6.03. The van der Waals surface area contributed by atoms with Crippen LogP contribution >= 0.6 is 0 Å². The van der Waals surface area contributed by atoms with Gasteiger partial charge in [-0.15, -0.1) is 0 Å². The molecule has 0 saturated heterocycles. The van der Waals surface area contributed by atoms with Gasteiger partial charge in [-0.2, -0.15) is 13.2 Å². The van der Waals surface area contributed by atoms with Gasteiger partial charge in [0.05, 0.1) is 21.9 Å². The predicted octanol–water partition coefficient (Wildman–Crippen LogP) is 3.50. The van der Waals surface area contributed by atoms with E-state index in [1.807, 2.05) is 13.8 Å². The summed E-state index contributed by atoms with van der Waals surface area (Å²) in [5.74, 6) is -0.128. The summed E-state index contributed by atoms with van der Waals surface area (Å²) in [6, 6.07) is 2.35. The zero-order valence-corrected chi connectivity index (χ0v) is 12.2. The lowest BCUT2D eigenvalue weighted by atomic mass is 10.1. The molecule has 0 bridgehead atoms. The van der Waals surface area contributed by atoms with Crippen molar-refractivity contribution < 1.29 is 21.6 Å². The molecule has 0 aliphatic carbocycles. The minimum absolute atomic E-state index is 0.0262. The second-order valence-corrected chi connectivity index (χ2v) is 6.72. The van der Waals surface area contributed by atoms with Crippen LogP contribution in [0.4, 0.5) is 18.9 Å². The monoisotopic (exact) mass is 309 g/mol. The maximum absolute atomic E-state index is 12.5. The van der Waals surface area contributed by atoms with E-state index in [2.05, 4.69) is 0 Å². The third-order valence-corrected chi connectivity index (χ3v) is 5.23. The molecule has 0 saturated carbocycles. The Hall–Kier alpha value is -1.24. The van der Waals surface area contributed by atoms with Gasteiger partial charge >= 0.3 is 6.18 Å². The molecule has 7 heteroatoms. The van der Waals surface area contributed by atoms with Crippen LogP contribution in [0.15, 0.2) is 23.1 Å². The van der Waals surface area contributed by atoms with Crippen molar-refractivity contribution in [1.29, 1.82) is 0 Å². The molecule has 0 spiro atoms. The summed E-state index contributed by atoms with van der Waals surface area (Å²) in [7, 11) is -3.67. The number of anilines is 1. The van der Waals surface area contributed by atoms with Crippen molar-refractivity contribution in [2.24, 2.45) is 5.92 Å². The molecular weight excluding hydrogens is 291 g/mol. The number of benzene rings is 1. The molecule has 0 aliphatic heterocycles. The van der Waals surface area contributed by atoms with Gasteiger partial charge in [0, 0.05) is 0 Å². The molecule has 0 fully saturated rings. The Morgan fingerprint density at radius 2 is 1.75 bits per heavy atom. The smallest absolute Gasteiger partial charge is 0.398 e. The van der Waals surface area contributed by atoms with Crippen LogP contribution in [0.3, 0.4) is 0 Å². The van der Waals surface area contributed by atoms with Crippen molar-refractivity contribution in [3.8, 4) is 0 Å². The topological polar surface area (TPSA) is 60.2 Å². The summed E-state index contributed by atoms with van der Waals surface area (Å²) in [5, 5.41) is 0. The van der Waals surface area contributed by atoms with Crippen molar-refractivity contribution in [3.63, 3.8) is 0 Å². The number of halogens is 3. The van der Waals surface area contributed by atoms with Gasteiger partial charge in [-0.05, 0) is 24.1 Å². The summed E-state index contributed by atoms with van der Waals surface area (Å²) in [6.45, 7) is 3.75. The molecule has 0 unspecified atom stereocenters. The first kappa shape index (κ1) is 16.8. The summed E-state index contributed by atoms with van der Waals surface area (Å²) < 4.78 is 61.9. The van der Waals surface area contributed by atoms with Crippen LogP contribution in [-0.2, 0) is 16.0 Å². The fourth-order valence-electron chi connectivity index (χ4n) is 1.93. The van der Waals surface area contributed by atoms with Gasteiger partial charge in [0.1, 0.15) is 0 Å². The number of nitrogen functional groups attached to an aromatic ring is 1. The second-order valence-electron chi connectivity index (χ2n) is 4.71. The van der Waals surface area contributed by atoms with Crippen molar-refractivity contribution in [2.45, 2.75) is 37.8 Å². The maximum Gasteiger partial charge on any atom is 0.416 e. The van der Waals surface area contributed by atoms with E-state index in [1.54, 1.807) is 0 Å². The quantitative estimate of drug-likeness (QED) is 0.847. The molecule has 114 valence electrons. The lowest BCUT2D eigenvalue weighted by Gasteiger charge is -2.15. The third kappa shape index (κ3) is 3.88. The van der Waals surface area contributed by atoms with Gasteiger partial charge in [-0.3, -0.25) is 0 Å². The average molecular weight is 309 g/mol. The summed E-state index contributed by atoms with van der Waals surface area (Å²) in [4.78, 5) is -0.225. The molecule has 2 N–H and O–H groups in total. The molecule has 1 aromatic carbocycles. The number of alkyl halides is 3. The number of rotatable bonds is 5. The van der Waals surface area contributed by atoms with E-state index in [0.29, 0.717) is 18.9 Å². The molecule has 0 amide bonds. The highest BCUT2D eigenvalue weighted by Gasteiger charge is 2.32. The number of nitrogens with two attached hydrogens (primary N) is 1. The van der Waals surface area contributed by atoms with Crippen LogP contribution in [0.1, 0.15) is 32.3 Å². The zero-order chi connectivity index (χ0) is 15.6. The minimum atomic E-state index is -4.54. The SMILES string of the molecule is CCC(CC)CS(=O)(=O)c1ccc(C(F)(F)F)cc1N. The Bertz CT molecular complexity index is 563. The molecule has 20 heavy (non-hydrogen) atoms. The van der Waals surface area contributed by atoms with Crippen LogP contribution in [0.5, 0.6) is 0 Å². The van der Waals surface area contributed by atoms with E-state index in [4.69, 9.17) is 5.73 Å². The van der Waals surface area contributed by atoms with Gasteiger partial charge in [0.2, 0.25) is 0 Å². The Balaban J connectivity index is 3.14. The van der Waals surface area contributed by atoms with E-state index >= 15 is 0 Å². The number of sulfone groups is 1. The van der Waals surface area contributed by atoms with Crippen LogP contribution in [0, 0.1) is 5.92 Å². The van der Waals surface area contributed by atoms with E-state index in [0.717, 1.165) is 12.1 Å². The summed E-state index contributed by atoms with van der Waals surface area (Å²) >= 11 is 0. The zero-order valence-electron chi connectivity index (χ0n) is 11.4. The molecule has 0 heterocycles. The van der Waals surface area contributed by atoms with Gasteiger partial charge in [0.15, 0.2) is 9.84 Å². The van der Waals surface area contributed by atoms with E-state index < -0.39 is 21.6 Å². The number of hydrogen-bond acceptors (Lipinski definition) is 3. The standard InChI is InChI=1S/C13H18F3NO2S/c1-3-9(4-2)8-20(18,19)12-6-5-10(7-11(12)17)13(14,15)16/h5-7,9H,3-4,8,17H2,1-2H3. The van der Waals surface area contributed by atoms with E-state index in [1.165, 1.54) is 0 Å². The van der Waals surface area contributed by atoms with Gasteiger partial charge < -0.3 is 5.73 Å². The normalized spacial score (nSPS) is 12.9. The van der Waals surface area contributed by atoms with Crippen LogP contribution in [0.25, 0.3) is 0 Å². The molecule has 0 aliphatic rings. The molecule has 3 nitrogen and oxygen atoms in total. The average Bonchev–Trinajstić information content (AvgIpc) is 2.34. The van der Waals surface area contributed by atoms with Crippen LogP contribution in [0.2, 0.25) is 0 Å². The van der Waals surface area contributed by atoms with Crippen LogP contribution < -0.4 is 5.73 Å². The lowest BCUT2D eigenvalue weighted by Crippen LogP contribution is -2.17. The van der Waals surface area contributed by atoms with Crippen molar-refractivity contribution in [3.05, 3.63) is 23.8 Å². The Morgan fingerprint density at radius 1 is 1.20 bits per heavy atom. The highest BCUT2D eigenvalue weighted by atomic mass is 32.2. The van der Waals surface area contributed by atoms with Crippen molar-refractivity contribution in [1.82, 2.24) is 0 Å². The first-order valence-electron chi connectivity index (χ1n) is 6.31. The van der Waals surface area contributed by atoms with E-state index in [9.17, 15) is 21.6 Å². The maximum atomic E-state index is 12.5. The van der Waals surface area contributed by atoms with Gasteiger partial charge in [-0.25, -0.2) is 8.42 Å². The first-order chi connectivity index (χ1) is 9.11. The lowest BCUT2D eigenvalue weighted by molar-refractivity contribution is -0.137. The predicted molar refractivity (Wildman–Crippen MR) is 72.0 cm³/mol.